The third-order valence-corrected chi connectivity index (χ3v) is 3.48. The number of ether oxygens (including phenoxy) is 1. The van der Waals surface area contributed by atoms with E-state index in [0.717, 1.165) is 11.3 Å². The number of carboxylic acids is 1. The van der Waals surface area contributed by atoms with Crippen molar-refractivity contribution in [1.82, 2.24) is 0 Å². The fraction of sp³-hybridized carbons (Fsp3) is 0.143. The molecule has 0 radical (unpaired) electrons. The van der Waals surface area contributed by atoms with E-state index in [4.69, 9.17) is 9.84 Å². The maximum atomic E-state index is 13.2. The van der Waals surface area contributed by atoms with Crippen molar-refractivity contribution in [3.8, 4) is 5.75 Å². The third kappa shape index (κ3) is 4.44. The van der Waals surface area contributed by atoms with Gasteiger partial charge in [0.1, 0.15) is 11.6 Å². The molecule has 0 unspecified atom stereocenters. The van der Waals surface area contributed by atoms with Gasteiger partial charge in [-0.15, -0.1) is 11.3 Å². The number of alkyl halides is 3. The quantitative estimate of drug-likeness (QED) is 0.796. The van der Waals surface area contributed by atoms with Crippen LogP contribution < -0.4 is 10.1 Å². The van der Waals surface area contributed by atoms with Crippen molar-refractivity contribution in [1.29, 1.82) is 0 Å². The number of rotatable bonds is 5. The molecule has 0 saturated heterocycles. The average molecular weight is 363 g/mol. The zero-order valence-electron chi connectivity index (χ0n) is 11.7. The SMILES string of the molecule is O=C(COc1cc(F)cc(C(F)(F)F)c1)Nc1cscc1C(=O)O. The van der Waals surface area contributed by atoms with E-state index in [1.54, 1.807) is 0 Å². The summed E-state index contributed by atoms with van der Waals surface area (Å²) in [6.07, 6.45) is -4.75. The number of anilines is 1. The number of thiophene rings is 1. The Morgan fingerprint density at radius 3 is 2.54 bits per heavy atom. The van der Waals surface area contributed by atoms with Crippen LogP contribution in [0, 0.1) is 5.82 Å². The number of carboxylic acid groups (broad SMARTS) is 1. The topological polar surface area (TPSA) is 75.6 Å². The van der Waals surface area contributed by atoms with Crippen LogP contribution in [0.1, 0.15) is 15.9 Å². The molecule has 5 nitrogen and oxygen atoms in total. The molecule has 0 aliphatic heterocycles. The molecule has 0 aliphatic carbocycles. The van der Waals surface area contributed by atoms with Crippen molar-refractivity contribution < 1.29 is 37.0 Å². The van der Waals surface area contributed by atoms with E-state index in [-0.39, 0.29) is 11.3 Å². The molecule has 2 N–H and O–H groups in total. The Balaban J connectivity index is 2.03. The Morgan fingerprint density at radius 2 is 1.92 bits per heavy atom. The van der Waals surface area contributed by atoms with Gasteiger partial charge >= 0.3 is 12.1 Å². The summed E-state index contributed by atoms with van der Waals surface area (Å²) < 4.78 is 55.7. The van der Waals surface area contributed by atoms with Gasteiger partial charge in [-0.3, -0.25) is 4.79 Å². The molecule has 1 aromatic carbocycles. The van der Waals surface area contributed by atoms with Crippen LogP contribution in [0.15, 0.2) is 29.0 Å². The highest BCUT2D eigenvalue weighted by molar-refractivity contribution is 7.08. The lowest BCUT2D eigenvalue weighted by Gasteiger charge is -2.11. The summed E-state index contributed by atoms with van der Waals surface area (Å²) in [7, 11) is 0. The highest BCUT2D eigenvalue weighted by atomic mass is 32.1. The molecule has 2 rings (SSSR count). The van der Waals surface area contributed by atoms with Gasteiger partial charge in [0.25, 0.3) is 5.91 Å². The Labute approximate surface area is 136 Å². The van der Waals surface area contributed by atoms with Crippen molar-refractivity contribution in [3.63, 3.8) is 0 Å². The molecule has 0 atom stereocenters. The van der Waals surface area contributed by atoms with E-state index in [1.807, 2.05) is 0 Å². The maximum Gasteiger partial charge on any atom is 0.416 e. The molecule has 128 valence electrons. The zero-order chi connectivity index (χ0) is 17.9. The Hall–Kier alpha value is -2.62. The minimum absolute atomic E-state index is 0.0383. The summed E-state index contributed by atoms with van der Waals surface area (Å²) >= 11 is 1.05. The smallest absolute Gasteiger partial charge is 0.416 e. The first-order valence-electron chi connectivity index (χ1n) is 6.26. The molecule has 2 aromatic rings. The number of hydrogen-bond donors (Lipinski definition) is 2. The van der Waals surface area contributed by atoms with Gasteiger partial charge in [-0.1, -0.05) is 0 Å². The third-order valence-electron chi connectivity index (χ3n) is 2.74. The van der Waals surface area contributed by atoms with Gasteiger partial charge < -0.3 is 15.2 Å². The van der Waals surface area contributed by atoms with E-state index in [9.17, 15) is 27.2 Å². The lowest BCUT2D eigenvalue weighted by Crippen LogP contribution is -2.21. The molecule has 10 heteroatoms. The molecule has 24 heavy (non-hydrogen) atoms. The highest BCUT2D eigenvalue weighted by Gasteiger charge is 2.31. The number of halogens is 4. The van der Waals surface area contributed by atoms with Gasteiger partial charge in [-0.05, 0) is 12.1 Å². The summed E-state index contributed by atoms with van der Waals surface area (Å²) in [4.78, 5) is 22.6. The molecular formula is C14H9F4NO4S. The molecule has 1 amide bonds. The Bertz CT molecular complexity index is 772. The van der Waals surface area contributed by atoms with Crippen LogP contribution in [0.4, 0.5) is 23.2 Å². The maximum absolute atomic E-state index is 13.2. The van der Waals surface area contributed by atoms with Crippen LogP contribution in [-0.2, 0) is 11.0 Å². The van der Waals surface area contributed by atoms with Crippen molar-refractivity contribution in [3.05, 3.63) is 45.9 Å². The molecule has 0 bridgehead atoms. The average Bonchev–Trinajstić information content (AvgIpc) is 2.92. The molecule has 1 aromatic heterocycles. The lowest BCUT2D eigenvalue weighted by molar-refractivity contribution is -0.137. The summed E-state index contributed by atoms with van der Waals surface area (Å²) in [6.45, 7) is -0.713. The molecule has 0 fully saturated rings. The summed E-state index contributed by atoms with van der Waals surface area (Å²) in [6, 6.07) is 1.57. The van der Waals surface area contributed by atoms with Crippen molar-refractivity contribution >= 4 is 28.9 Å². The van der Waals surface area contributed by atoms with Gasteiger partial charge in [-0.25, -0.2) is 9.18 Å². The number of nitrogens with one attached hydrogen (secondary N) is 1. The second kappa shape index (κ2) is 6.87. The number of aromatic carboxylic acids is 1. The van der Waals surface area contributed by atoms with Crippen molar-refractivity contribution in [2.24, 2.45) is 0 Å². The Morgan fingerprint density at radius 1 is 1.21 bits per heavy atom. The van der Waals surface area contributed by atoms with Crippen molar-refractivity contribution in [2.75, 3.05) is 11.9 Å². The standard InChI is InChI=1S/C14H9F4NO4S/c15-8-1-7(14(16,17)18)2-9(3-8)23-4-12(20)19-11-6-24-5-10(11)13(21)22/h1-3,5-6H,4H2,(H,19,20)(H,21,22). The van der Waals surface area contributed by atoms with Crippen LogP contribution in [0.3, 0.4) is 0 Å². The highest BCUT2D eigenvalue weighted by Crippen LogP contribution is 2.32. The van der Waals surface area contributed by atoms with E-state index in [2.05, 4.69) is 5.32 Å². The predicted octanol–water partition coefficient (Wildman–Crippen LogP) is 3.62. The Kier molecular flexibility index (Phi) is 5.07. The van der Waals surface area contributed by atoms with Gasteiger partial charge in [-0.2, -0.15) is 13.2 Å². The first-order valence-corrected chi connectivity index (χ1v) is 7.21. The van der Waals surface area contributed by atoms with E-state index in [0.29, 0.717) is 18.2 Å². The minimum Gasteiger partial charge on any atom is -0.484 e. The molecule has 0 saturated carbocycles. The van der Waals surface area contributed by atoms with Crippen LogP contribution in [-0.4, -0.2) is 23.6 Å². The summed E-state index contributed by atoms with van der Waals surface area (Å²) in [5, 5.41) is 13.8. The summed E-state index contributed by atoms with van der Waals surface area (Å²) in [5.74, 6) is -3.67. The predicted molar refractivity (Wildman–Crippen MR) is 76.8 cm³/mol. The van der Waals surface area contributed by atoms with Gasteiger partial charge in [0, 0.05) is 16.8 Å². The number of carbonyl (C=O) groups is 2. The molecule has 0 spiro atoms. The van der Waals surface area contributed by atoms with Gasteiger partial charge in [0.05, 0.1) is 16.8 Å². The van der Waals surface area contributed by atoms with E-state index >= 15 is 0 Å². The van der Waals surface area contributed by atoms with Crippen LogP contribution in [0.2, 0.25) is 0 Å². The molecular weight excluding hydrogens is 354 g/mol. The first kappa shape index (κ1) is 17.7. The van der Waals surface area contributed by atoms with E-state index in [1.165, 1.54) is 10.8 Å². The molecule has 1 heterocycles. The van der Waals surface area contributed by atoms with Crippen LogP contribution >= 0.6 is 11.3 Å². The monoisotopic (exact) mass is 363 g/mol. The number of hydrogen-bond acceptors (Lipinski definition) is 4. The van der Waals surface area contributed by atoms with Crippen LogP contribution in [0.25, 0.3) is 0 Å². The lowest BCUT2D eigenvalue weighted by atomic mass is 10.2. The number of benzene rings is 1. The van der Waals surface area contributed by atoms with Crippen LogP contribution in [0.5, 0.6) is 5.75 Å². The van der Waals surface area contributed by atoms with Crippen molar-refractivity contribution in [2.45, 2.75) is 6.18 Å². The minimum atomic E-state index is -4.75. The fourth-order valence-corrected chi connectivity index (χ4v) is 2.46. The fourth-order valence-electron chi connectivity index (χ4n) is 1.70. The normalized spacial score (nSPS) is 11.2. The van der Waals surface area contributed by atoms with Gasteiger partial charge in [0.15, 0.2) is 6.61 Å². The zero-order valence-corrected chi connectivity index (χ0v) is 12.5. The number of amides is 1. The van der Waals surface area contributed by atoms with Gasteiger partial charge in [0.2, 0.25) is 0 Å². The second-order valence-corrected chi connectivity index (χ2v) is 5.26. The summed E-state index contributed by atoms with van der Waals surface area (Å²) in [5.41, 5.74) is -1.33. The first-order chi connectivity index (χ1) is 11.2. The number of carbonyl (C=O) groups excluding carboxylic acids is 1. The largest absolute Gasteiger partial charge is 0.484 e. The second-order valence-electron chi connectivity index (χ2n) is 4.51. The van der Waals surface area contributed by atoms with E-state index < -0.39 is 41.8 Å². The molecule has 0 aliphatic rings.